The van der Waals surface area contributed by atoms with E-state index in [1.54, 1.807) is 6.07 Å². The number of unbranched alkanes of at least 4 members (excludes halogenated alkanes) is 1. The largest absolute Gasteiger partial charge is 0.485 e. The van der Waals surface area contributed by atoms with Gasteiger partial charge in [-0.25, -0.2) is 0 Å². The van der Waals surface area contributed by atoms with Crippen LogP contribution in [0.15, 0.2) is 18.2 Å². The number of carbonyl (C=O) groups is 5. The van der Waals surface area contributed by atoms with Crippen molar-refractivity contribution in [2.45, 2.75) is 44.6 Å². The van der Waals surface area contributed by atoms with Gasteiger partial charge in [-0.15, -0.1) is 0 Å². The minimum Gasteiger partial charge on any atom is -0.485 e. The molecule has 38 heavy (non-hydrogen) atoms. The van der Waals surface area contributed by atoms with Gasteiger partial charge in [0.1, 0.15) is 18.4 Å². The minimum atomic E-state index is -1.07. The summed E-state index contributed by atoms with van der Waals surface area (Å²) in [7, 11) is 0. The van der Waals surface area contributed by atoms with Gasteiger partial charge in [0.15, 0.2) is 5.78 Å². The van der Waals surface area contributed by atoms with Gasteiger partial charge in [-0.2, -0.15) is 0 Å². The quantitative estimate of drug-likeness (QED) is 0.202. The van der Waals surface area contributed by atoms with Gasteiger partial charge in [0, 0.05) is 26.1 Å². The number of hydrogen-bond acceptors (Lipinski definition) is 10. The van der Waals surface area contributed by atoms with Crippen molar-refractivity contribution in [3.8, 4) is 5.75 Å². The molecule has 0 aromatic heterocycles. The van der Waals surface area contributed by atoms with Gasteiger partial charge in [0.05, 0.1) is 37.6 Å². The maximum Gasteiger partial charge on any atom is 0.266 e. The van der Waals surface area contributed by atoms with Crippen LogP contribution >= 0.6 is 0 Å². The molecule has 0 bridgehead atoms. The molecular weight excluding hydrogens is 498 g/mol. The van der Waals surface area contributed by atoms with Crippen molar-refractivity contribution >= 4 is 29.4 Å². The summed E-state index contributed by atoms with van der Waals surface area (Å²) < 4.78 is 21.8. The highest BCUT2D eigenvalue weighted by atomic mass is 16.5. The Balaban J connectivity index is 1.34. The third-order valence-corrected chi connectivity index (χ3v) is 6.05. The molecule has 1 aromatic carbocycles. The number of nitrogens with one attached hydrogen (secondary N) is 1. The lowest BCUT2D eigenvalue weighted by molar-refractivity contribution is -0.136. The third-order valence-electron chi connectivity index (χ3n) is 6.05. The molecule has 1 aromatic rings. The number of Topliss-reactive ketones (excluding diaryl/α,β-unsaturated/α-hetero) is 1. The summed E-state index contributed by atoms with van der Waals surface area (Å²) >= 11 is 0. The predicted molar refractivity (Wildman–Crippen MR) is 134 cm³/mol. The van der Waals surface area contributed by atoms with E-state index in [-0.39, 0.29) is 48.5 Å². The van der Waals surface area contributed by atoms with E-state index in [0.29, 0.717) is 59.0 Å². The number of imide groups is 2. The number of rotatable bonds is 18. The first-order valence-corrected chi connectivity index (χ1v) is 12.9. The van der Waals surface area contributed by atoms with Crippen LogP contribution in [0.25, 0.3) is 0 Å². The number of hydrogen-bond donors (Lipinski definition) is 2. The minimum absolute atomic E-state index is 0.0211. The number of carbonyl (C=O) groups excluding carboxylic acids is 5. The Morgan fingerprint density at radius 2 is 1.61 bits per heavy atom. The van der Waals surface area contributed by atoms with Gasteiger partial charge < -0.3 is 24.7 Å². The van der Waals surface area contributed by atoms with Crippen LogP contribution in [0.4, 0.5) is 0 Å². The zero-order valence-corrected chi connectivity index (χ0v) is 21.4. The van der Waals surface area contributed by atoms with Crippen molar-refractivity contribution in [3.63, 3.8) is 0 Å². The van der Waals surface area contributed by atoms with E-state index >= 15 is 0 Å². The molecule has 2 aliphatic rings. The van der Waals surface area contributed by atoms with Crippen molar-refractivity contribution in [2.24, 2.45) is 5.73 Å². The predicted octanol–water partition coefficient (Wildman–Crippen LogP) is 0.605. The highest BCUT2D eigenvalue weighted by molar-refractivity contribution is 6.24. The van der Waals surface area contributed by atoms with Gasteiger partial charge in [-0.3, -0.25) is 34.2 Å². The van der Waals surface area contributed by atoms with Gasteiger partial charge in [0.25, 0.3) is 11.8 Å². The SMILES string of the molecule is NCCCOCCOCCOCCCCC(=O)COc1cccc2c1C(=O)N(C1CCC(=O)NC1=O)C2=O. The molecule has 1 unspecified atom stereocenters. The molecule has 12 nitrogen and oxygen atoms in total. The molecule has 2 aliphatic heterocycles. The molecule has 1 saturated heterocycles. The smallest absolute Gasteiger partial charge is 0.266 e. The summed E-state index contributed by atoms with van der Waals surface area (Å²) in [5.41, 5.74) is 5.50. The van der Waals surface area contributed by atoms with E-state index < -0.39 is 29.7 Å². The Kier molecular flexibility index (Phi) is 11.8. The number of piperidine rings is 1. The number of benzene rings is 1. The van der Waals surface area contributed by atoms with Crippen LogP contribution in [-0.2, 0) is 28.6 Å². The van der Waals surface area contributed by atoms with E-state index in [1.165, 1.54) is 12.1 Å². The second kappa shape index (κ2) is 15.3. The molecular formula is C26H35N3O9. The van der Waals surface area contributed by atoms with Gasteiger partial charge in [-0.1, -0.05) is 6.07 Å². The average molecular weight is 534 g/mol. The van der Waals surface area contributed by atoms with Crippen molar-refractivity contribution < 1.29 is 42.9 Å². The Hall–Kier alpha value is -3.19. The second-order valence-electron chi connectivity index (χ2n) is 8.89. The normalized spacial score (nSPS) is 17.1. The standard InChI is InChI=1S/C26H35N3O9/c27-10-4-12-36-14-16-37-15-13-35-11-2-1-5-18(30)17-38-21-7-3-6-19-23(21)26(34)29(25(19)33)20-8-9-22(31)28-24(20)32/h3,6-7,20H,1-2,4-5,8-17,27H2,(H,28,31,32). The lowest BCUT2D eigenvalue weighted by Crippen LogP contribution is -2.54. The molecule has 1 atom stereocenters. The highest BCUT2D eigenvalue weighted by Gasteiger charge is 2.46. The van der Waals surface area contributed by atoms with E-state index in [4.69, 9.17) is 24.7 Å². The second-order valence-corrected chi connectivity index (χ2v) is 8.89. The molecule has 12 heteroatoms. The third kappa shape index (κ3) is 8.15. The van der Waals surface area contributed by atoms with E-state index in [0.717, 1.165) is 11.3 Å². The molecule has 0 saturated carbocycles. The van der Waals surface area contributed by atoms with Crippen LogP contribution in [0.5, 0.6) is 5.75 Å². The number of fused-ring (bicyclic) bond motifs is 1. The first kappa shape index (κ1) is 29.4. The van der Waals surface area contributed by atoms with Crippen molar-refractivity contribution in [1.29, 1.82) is 0 Å². The summed E-state index contributed by atoms with van der Waals surface area (Å²) in [6, 6.07) is 3.46. The first-order valence-electron chi connectivity index (χ1n) is 12.9. The summed E-state index contributed by atoms with van der Waals surface area (Å²) in [5, 5.41) is 2.16. The fourth-order valence-electron chi connectivity index (χ4n) is 4.09. The van der Waals surface area contributed by atoms with Crippen LogP contribution in [-0.4, -0.2) is 93.1 Å². The summed E-state index contributed by atoms with van der Waals surface area (Å²) in [6.45, 7) is 3.45. The maximum absolute atomic E-state index is 13.0. The van der Waals surface area contributed by atoms with Crippen LogP contribution in [0.1, 0.15) is 59.2 Å². The van der Waals surface area contributed by atoms with E-state index in [9.17, 15) is 24.0 Å². The lowest BCUT2D eigenvalue weighted by Gasteiger charge is -2.27. The zero-order valence-electron chi connectivity index (χ0n) is 21.4. The van der Waals surface area contributed by atoms with Crippen molar-refractivity contribution in [2.75, 3.05) is 52.8 Å². The van der Waals surface area contributed by atoms with Crippen LogP contribution in [0, 0.1) is 0 Å². The van der Waals surface area contributed by atoms with Crippen LogP contribution in [0.3, 0.4) is 0 Å². The average Bonchev–Trinajstić information content (AvgIpc) is 3.15. The molecule has 4 amide bonds. The number of ketones is 1. The summed E-state index contributed by atoms with van der Waals surface area (Å²) in [4.78, 5) is 62.7. The molecule has 0 aliphatic carbocycles. The Bertz CT molecular complexity index is 1010. The Morgan fingerprint density at radius 3 is 2.29 bits per heavy atom. The molecule has 0 radical (unpaired) electrons. The lowest BCUT2D eigenvalue weighted by atomic mass is 10.0. The molecule has 1 fully saturated rings. The van der Waals surface area contributed by atoms with E-state index in [2.05, 4.69) is 5.32 Å². The monoisotopic (exact) mass is 533 g/mol. The van der Waals surface area contributed by atoms with Gasteiger partial charge in [0.2, 0.25) is 11.8 Å². The molecule has 3 rings (SSSR count). The Morgan fingerprint density at radius 1 is 0.921 bits per heavy atom. The van der Waals surface area contributed by atoms with Crippen LogP contribution < -0.4 is 15.8 Å². The summed E-state index contributed by atoms with van der Waals surface area (Å²) in [6.07, 6.45) is 2.52. The van der Waals surface area contributed by atoms with Crippen molar-refractivity contribution in [3.05, 3.63) is 29.3 Å². The van der Waals surface area contributed by atoms with Gasteiger partial charge >= 0.3 is 0 Å². The highest BCUT2D eigenvalue weighted by Crippen LogP contribution is 2.33. The molecule has 2 heterocycles. The zero-order chi connectivity index (χ0) is 27.3. The maximum atomic E-state index is 13.0. The van der Waals surface area contributed by atoms with E-state index in [1.807, 2.05) is 0 Å². The number of nitrogens with two attached hydrogens (primary N) is 1. The molecule has 208 valence electrons. The molecule has 3 N–H and O–H groups in total. The van der Waals surface area contributed by atoms with Crippen molar-refractivity contribution in [1.82, 2.24) is 10.2 Å². The number of nitrogens with zero attached hydrogens (tertiary/aromatic N) is 1. The fraction of sp³-hybridized carbons (Fsp3) is 0.577. The first-order chi connectivity index (χ1) is 18.4. The molecule has 0 spiro atoms. The summed E-state index contributed by atoms with van der Waals surface area (Å²) in [5.74, 6) is -2.48. The topological polar surface area (TPSA) is 164 Å². The number of amides is 4. The fourth-order valence-corrected chi connectivity index (χ4v) is 4.09. The number of ether oxygens (including phenoxy) is 4. The Labute approximate surface area is 221 Å². The van der Waals surface area contributed by atoms with Crippen LogP contribution in [0.2, 0.25) is 0 Å². The van der Waals surface area contributed by atoms with Gasteiger partial charge in [-0.05, 0) is 44.4 Å².